The fraction of sp³-hybridized carbons (Fsp3) is 0.579. The monoisotopic (exact) mass is 373 g/mol. The topological polar surface area (TPSA) is 72.7 Å². The maximum Gasteiger partial charge on any atom is 0.237 e. The van der Waals surface area contributed by atoms with Gasteiger partial charge in [0, 0.05) is 5.69 Å². The summed E-state index contributed by atoms with van der Waals surface area (Å²) < 4.78 is 1.84. The summed E-state index contributed by atoms with van der Waals surface area (Å²) in [5.41, 5.74) is 3.30. The Balaban J connectivity index is 1.77. The average molecular weight is 374 g/mol. The lowest BCUT2D eigenvalue weighted by Crippen LogP contribution is -2.24. The van der Waals surface area contributed by atoms with E-state index in [0.717, 1.165) is 23.7 Å². The van der Waals surface area contributed by atoms with Gasteiger partial charge in [-0.3, -0.25) is 4.79 Å². The molecule has 1 aliphatic carbocycles. The molecular formula is C19H27N5OS. The van der Waals surface area contributed by atoms with Crippen LogP contribution in [0.15, 0.2) is 23.4 Å². The maximum absolute atomic E-state index is 12.9. The minimum Gasteiger partial charge on any atom is -0.325 e. The molecule has 0 radical (unpaired) electrons. The summed E-state index contributed by atoms with van der Waals surface area (Å²) in [5.74, 6) is 0.665. The number of hydrogen-bond acceptors (Lipinski definition) is 5. The van der Waals surface area contributed by atoms with Gasteiger partial charge in [0.15, 0.2) is 0 Å². The highest BCUT2D eigenvalue weighted by Gasteiger charge is 2.29. The Hall–Kier alpha value is -1.89. The summed E-state index contributed by atoms with van der Waals surface area (Å²) in [7, 11) is 0. The minimum atomic E-state index is -0.279. The van der Waals surface area contributed by atoms with E-state index in [9.17, 15) is 4.79 Å². The quantitative estimate of drug-likeness (QED) is 0.729. The molecule has 1 aromatic carbocycles. The molecule has 1 N–H and O–H groups in total. The van der Waals surface area contributed by atoms with Gasteiger partial charge in [-0.2, -0.15) is 0 Å². The zero-order valence-electron chi connectivity index (χ0n) is 16.1. The van der Waals surface area contributed by atoms with Crippen LogP contribution in [0.2, 0.25) is 0 Å². The van der Waals surface area contributed by atoms with Gasteiger partial charge in [-0.1, -0.05) is 57.7 Å². The Kier molecular flexibility index (Phi) is 5.65. The number of tetrazole rings is 1. The molecule has 0 spiro atoms. The Morgan fingerprint density at radius 2 is 1.77 bits per heavy atom. The van der Waals surface area contributed by atoms with Gasteiger partial charge in [0.25, 0.3) is 0 Å². The van der Waals surface area contributed by atoms with Crippen LogP contribution in [0.3, 0.4) is 0 Å². The van der Waals surface area contributed by atoms with Gasteiger partial charge in [-0.25, -0.2) is 4.68 Å². The first-order valence-corrected chi connectivity index (χ1v) is 10.1. The molecule has 2 aromatic rings. The largest absolute Gasteiger partial charge is 0.325 e. The van der Waals surface area contributed by atoms with Crippen molar-refractivity contribution in [1.29, 1.82) is 0 Å². The number of nitrogens with zero attached hydrogens (tertiary/aromatic N) is 4. The number of nitrogens with one attached hydrogen (secondary N) is 1. The number of amides is 1. The SMILES string of the molecule is CC(Sc1nnnn1C1CC1)C(=O)Nc1c(C(C)C)cccc1C(C)C. The molecule has 1 fully saturated rings. The standard InChI is InChI=1S/C19H27N5OS/c1-11(2)15-7-6-8-16(12(3)4)17(15)20-18(25)13(5)26-19-21-22-23-24(19)14-9-10-14/h6-8,11-14H,9-10H2,1-5H3,(H,20,25). The van der Waals surface area contributed by atoms with Gasteiger partial charge in [-0.15, -0.1) is 5.10 Å². The summed E-state index contributed by atoms with van der Waals surface area (Å²) in [6.07, 6.45) is 2.22. The third-order valence-electron chi connectivity index (χ3n) is 4.63. The number of anilines is 1. The molecule has 7 heteroatoms. The molecule has 0 aliphatic heterocycles. The zero-order chi connectivity index (χ0) is 18.8. The molecule has 1 saturated carbocycles. The zero-order valence-corrected chi connectivity index (χ0v) is 16.9. The number of carbonyl (C=O) groups excluding carboxylic acids is 1. The van der Waals surface area contributed by atoms with Crippen molar-refractivity contribution in [3.05, 3.63) is 29.3 Å². The number of rotatable bonds is 7. The van der Waals surface area contributed by atoms with Gasteiger partial charge >= 0.3 is 0 Å². The number of carbonyl (C=O) groups is 1. The third-order valence-corrected chi connectivity index (χ3v) is 5.68. The fourth-order valence-corrected chi connectivity index (χ4v) is 3.80. The van der Waals surface area contributed by atoms with Crippen LogP contribution in [0.1, 0.15) is 76.5 Å². The number of benzene rings is 1. The van der Waals surface area contributed by atoms with Crippen molar-refractivity contribution in [3.63, 3.8) is 0 Å². The second-order valence-corrected chi connectivity index (χ2v) is 8.82. The molecule has 1 aromatic heterocycles. The third kappa shape index (κ3) is 4.09. The molecule has 0 saturated heterocycles. The van der Waals surface area contributed by atoms with Gasteiger partial charge in [0.2, 0.25) is 11.1 Å². The fourth-order valence-electron chi connectivity index (χ4n) is 2.94. The Labute approximate surface area is 159 Å². The molecule has 3 rings (SSSR count). The predicted molar refractivity (Wildman–Crippen MR) is 105 cm³/mol. The van der Waals surface area contributed by atoms with E-state index in [4.69, 9.17) is 0 Å². The molecular weight excluding hydrogens is 346 g/mol. The van der Waals surface area contributed by atoms with Gasteiger partial charge in [0.05, 0.1) is 11.3 Å². The molecule has 26 heavy (non-hydrogen) atoms. The molecule has 1 amide bonds. The summed E-state index contributed by atoms with van der Waals surface area (Å²) in [6.45, 7) is 10.5. The van der Waals surface area contributed by atoms with Crippen molar-refractivity contribution in [2.24, 2.45) is 0 Å². The first kappa shape index (κ1) is 18.9. The van der Waals surface area contributed by atoms with Crippen LogP contribution in [0, 0.1) is 0 Å². The Morgan fingerprint density at radius 3 is 2.31 bits per heavy atom. The van der Waals surface area contributed by atoms with Crippen molar-refractivity contribution < 1.29 is 4.79 Å². The molecule has 1 heterocycles. The summed E-state index contributed by atoms with van der Waals surface area (Å²) >= 11 is 1.42. The van der Waals surface area contributed by atoms with Crippen molar-refractivity contribution in [2.75, 3.05) is 5.32 Å². The van der Waals surface area contributed by atoms with Gasteiger partial charge in [-0.05, 0) is 53.2 Å². The first-order valence-electron chi connectivity index (χ1n) is 9.26. The molecule has 0 bridgehead atoms. The predicted octanol–water partition coefficient (Wildman–Crippen LogP) is 4.37. The molecule has 140 valence electrons. The molecule has 6 nitrogen and oxygen atoms in total. The number of thioether (sulfide) groups is 1. The number of hydrogen-bond donors (Lipinski definition) is 1. The maximum atomic E-state index is 12.9. The molecule has 1 unspecified atom stereocenters. The van der Waals surface area contributed by atoms with Crippen molar-refractivity contribution in [3.8, 4) is 0 Å². The van der Waals surface area contributed by atoms with E-state index in [2.05, 4.69) is 66.7 Å². The van der Waals surface area contributed by atoms with Crippen LogP contribution >= 0.6 is 11.8 Å². The molecule has 1 atom stereocenters. The highest BCUT2D eigenvalue weighted by molar-refractivity contribution is 8.00. The van der Waals surface area contributed by atoms with Crippen LogP contribution in [0.4, 0.5) is 5.69 Å². The highest BCUT2D eigenvalue weighted by Crippen LogP contribution is 2.37. The van der Waals surface area contributed by atoms with Gasteiger partial charge in [0.1, 0.15) is 0 Å². The van der Waals surface area contributed by atoms with Crippen LogP contribution in [-0.4, -0.2) is 31.4 Å². The van der Waals surface area contributed by atoms with Crippen molar-refractivity contribution >= 4 is 23.4 Å². The first-order chi connectivity index (χ1) is 12.4. The second-order valence-electron chi connectivity index (χ2n) is 7.51. The van der Waals surface area contributed by atoms with Crippen molar-refractivity contribution in [1.82, 2.24) is 20.2 Å². The smallest absolute Gasteiger partial charge is 0.237 e. The second kappa shape index (κ2) is 7.78. The van der Waals surface area contributed by atoms with E-state index < -0.39 is 0 Å². The Bertz CT molecular complexity index is 756. The van der Waals surface area contributed by atoms with Crippen LogP contribution in [0.5, 0.6) is 0 Å². The van der Waals surface area contributed by atoms with Gasteiger partial charge < -0.3 is 5.32 Å². The summed E-state index contributed by atoms with van der Waals surface area (Å²) in [5, 5.41) is 15.5. The normalized spacial score (nSPS) is 15.5. The van der Waals surface area contributed by atoms with E-state index in [1.165, 1.54) is 22.9 Å². The van der Waals surface area contributed by atoms with Crippen LogP contribution in [-0.2, 0) is 4.79 Å². The molecule has 1 aliphatic rings. The summed E-state index contributed by atoms with van der Waals surface area (Å²) in [6, 6.07) is 6.66. The van der Waals surface area contributed by atoms with Crippen LogP contribution in [0.25, 0.3) is 0 Å². The van der Waals surface area contributed by atoms with E-state index in [1.54, 1.807) is 0 Å². The minimum absolute atomic E-state index is 0.0182. The summed E-state index contributed by atoms with van der Waals surface area (Å²) in [4.78, 5) is 12.9. The van der Waals surface area contributed by atoms with Crippen molar-refractivity contribution in [2.45, 2.75) is 75.7 Å². The van der Waals surface area contributed by atoms with E-state index in [0.29, 0.717) is 17.9 Å². The van der Waals surface area contributed by atoms with E-state index in [-0.39, 0.29) is 11.2 Å². The number of para-hydroxylation sites is 1. The number of aromatic nitrogens is 4. The van der Waals surface area contributed by atoms with Crippen LogP contribution < -0.4 is 5.32 Å². The lowest BCUT2D eigenvalue weighted by Gasteiger charge is -2.21. The average Bonchev–Trinajstić information content (AvgIpc) is 3.34. The van der Waals surface area contributed by atoms with E-state index >= 15 is 0 Å². The highest BCUT2D eigenvalue weighted by atomic mass is 32.2. The lowest BCUT2D eigenvalue weighted by molar-refractivity contribution is -0.115. The lowest BCUT2D eigenvalue weighted by atomic mass is 9.92. The Morgan fingerprint density at radius 1 is 1.15 bits per heavy atom. The van der Waals surface area contributed by atoms with E-state index in [1.807, 2.05) is 11.6 Å².